The number of hydrogen-bond acceptors (Lipinski definition) is 1. The standard InChI is InChI=1S/C11H10ClN/c12-11-3-1-9(2-4-11)10-5-7-13-8-6-10/h1-8,10,13H. The molecule has 0 aliphatic carbocycles. The maximum atomic E-state index is 5.80. The quantitative estimate of drug-likeness (QED) is 0.720. The molecule has 13 heavy (non-hydrogen) atoms. The first-order valence-electron chi connectivity index (χ1n) is 4.21. The Morgan fingerprint density at radius 2 is 1.62 bits per heavy atom. The normalized spacial score (nSPS) is 15.8. The van der Waals surface area contributed by atoms with E-state index in [1.807, 2.05) is 36.7 Å². The predicted octanol–water partition coefficient (Wildman–Crippen LogP) is 3.05. The topological polar surface area (TPSA) is 12.0 Å². The zero-order chi connectivity index (χ0) is 9.10. The summed E-state index contributed by atoms with van der Waals surface area (Å²) in [6, 6.07) is 7.93. The average Bonchev–Trinajstić information content (AvgIpc) is 2.20. The van der Waals surface area contributed by atoms with Gasteiger partial charge in [-0.2, -0.15) is 0 Å². The summed E-state index contributed by atoms with van der Waals surface area (Å²) in [5, 5.41) is 3.79. The Balaban J connectivity index is 2.25. The van der Waals surface area contributed by atoms with Gasteiger partial charge in [0.1, 0.15) is 0 Å². The number of hydrogen-bond donors (Lipinski definition) is 1. The SMILES string of the molecule is Clc1ccc(C2C=CNC=C2)cc1. The summed E-state index contributed by atoms with van der Waals surface area (Å²) in [7, 11) is 0. The van der Waals surface area contributed by atoms with Crippen LogP contribution in [0.15, 0.2) is 48.8 Å². The van der Waals surface area contributed by atoms with Crippen LogP contribution >= 0.6 is 11.6 Å². The van der Waals surface area contributed by atoms with Crippen LogP contribution in [0.4, 0.5) is 0 Å². The van der Waals surface area contributed by atoms with Crippen LogP contribution in [-0.2, 0) is 0 Å². The number of nitrogens with one attached hydrogen (secondary N) is 1. The minimum absolute atomic E-state index is 0.374. The van der Waals surface area contributed by atoms with Crippen molar-refractivity contribution in [1.82, 2.24) is 5.32 Å². The third-order valence-electron chi connectivity index (χ3n) is 2.05. The highest BCUT2D eigenvalue weighted by molar-refractivity contribution is 6.30. The fourth-order valence-corrected chi connectivity index (χ4v) is 1.47. The molecule has 1 aromatic rings. The number of dihydropyridines is 1. The van der Waals surface area contributed by atoms with Gasteiger partial charge in [-0.3, -0.25) is 0 Å². The van der Waals surface area contributed by atoms with E-state index >= 15 is 0 Å². The summed E-state index contributed by atoms with van der Waals surface area (Å²) in [4.78, 5) is 0. The Hall–Kier alpha value is -1.21. The fraction of sp³-hybridized carbons (Fsp3) is 0.0909. The van der Waals surface area contributed by atoms with Gasteiger partial charge in [-0.1, -0.05) is 35.9 Å². The highest BCUT2D eigenvalue weighted by atomic mass is 35.5. The van der Waals surface area contributed by atoms with Gasteiger partial charge in [-0.15, -0.1) is 0 Å². The summed E-state index contributed by atoms with van der Waals surface area (Å²) in [6.07, 6.45) is 8.12. The molecule has 0 unspecified atom stereocenters. The van der Waals surface area contributed by atoms with Crippen molar-refractivity contribution in [2.45, 2.75) is 5.92 Å². The highest BCUT2D eigenvalue weighted by Gasteiger charge is 2.05. The van der Waals surface area contributed by atoms with Crippen molar-refractivity contribution in [3.05, 3.63) is 59.4 Å². The van der Waals surface area contributed by atoms with E-state index in [9.17, 15) is 0 Å². The number of benzene rings is 1. The monoisotopic (exact) mass is 191 g/mol. The molecule has 66 valence electrons. The van der Waals surface area contributed by atoms with Gasteiger partial charge in [0.05, 0.1) is 0 Å². The molecular weight excluding hydrogens is 182 g/mol. The second-order valence-electron chi connectivity index (χ2n) is 2.96. The van der Waals surface area contributed by atoms with Gasteiger partial charge in [0, 0.05) is 10.9 Å². The van der Waals surface area contributed by atoms with E-state index in [1.165, 1.54) is 5.56 Å². The van der Waals surface area contributed by atoms with Crippen LogP contribution in [-0.4, -0.2) is 0 Å². The summed E-state index contributed by atoms with van der Waals surface area (Å²) >= 11 is 5.80. The van der Waals surface area contributed by atoms with Gasteiger partial charge in [0.25, 0.3) is 0 Å². The Kier molecular flexibility index (Phi) is 2.37. The molecule has 2 rings (SSSR count). The van der Waals surface area contributed by atoms with Crippen LogP contribution in [0.1, 0.15) is 11.5 Å². The van der Waals surface area contributed by atoms with Crippen LogP contribution in [0, 0.1) is 0 Å². The molecule has 2 heteroatoms. The van der Waals surface area contributed by atoms with Gasteiger partial charge in [0.2, 0.25) is 0 Å². The van der Waals surface area contributed by atoms with Crippen molar-refractivity contribution in [2.24, 2.45) is 0 Å². The molecule has 0 fully saturated rings. The molecule has 1 nitrogen and oxygen atoms in total. The first-order chi connectivity index (χ1) is 6.36. The second-order valence-corrected chi connectivity index (χ2v) is 3.40. The zero-order valence-electron chi connectivity index (χ0n) is 7.07. The van der Waals surface area contributed by atoms with Crippen molar-refractivity contribution < 1.29 is 0 Å². The van der Waals surface area contributed by atoms with E-state index < -0.39 is 0 Å². The Labute approximate surface area is 82.7 Å². The third kappa shape index (κ3) is 1.93. The van der Waals surface area contributed by atoms with E-state index in [0.717, 1.165) is 5.02 Å². The lowest BCUT2D eigenvalue weighted by molar-refractivity contribution is 0.995. The summed E-state index contributed by atoms with van der Waals surface area (Å²) in [6.45, 7) is 0. The third-order valence-corrected chi connectivity index (χ3v) is 2.31. The second kappa shape index (κ2) is 3.67. The van der Waals surface area contributed by atoms with Crippen LogP contribution in [0.2, 0.25) is 5.02 Å². The molecule has 1 aliphatic rings. The Bertz CT molecular complexity index is 326. The van der Waals surface area contributed by atoms with Gasteiger partial charge in [0.15, 0.2) is 0 Å². The average molecular weight is 192 g/mol. The molecule has 0 saturated heterocycles. The summed E-state index contributed by atoms with van der Waals surface area (Å²) < 4.78 is 0. The Morgan fingerprint density at radius 3 is 2.23 bits per heavy atom. The maximum absolute atomic E-state index is 5.80. The van der Waals surface area contributed by atoms with Crippen LogP contribution in [0.5, 0.6) is 0 Å². The van der Waals surface area contributed by atoms with Crippen molar-refractivity contribution in [2.75, 3.05) is 0 Å². The molecular formula is C11H10ClN. The van der Waals surface area contributed by atoms with Crippen LogP contribution < -0.4 is 5.32 Å². The van der Waals surface area contributed by atoms with Crippen molar-refractivity contribution in [3.8, 4) is 0 Å². The predicted molar refractivity (Wildman–Crippen MR) is 55.6 cm³/mol. The first kappa shape index (κ1) is 8.39. The molecule has 1 aromatic carbocycles. The molecule has 0 atom stereocenters. The fourth-order valence-electron chi connectivity index (χ4n) is 1.35. The van der Waals surface area contributed by atoms with Crippen LogP contribution in [0.25, 0.3) is 0 Å². The molecule has 0 radical (unpaired) electrons. The minimum atomic E-state index is 0.374. The largest absolute Gasteiger partial charge is 0.368 e. The number of halogens is 1. The van der Waals surface area contributed by atoms with Crippen molar-refractivity contribution in [1.29, 1.82) is 0 Å². The van der Waals surface area contributed by atoms with Crippen LogP contribution in [0.3, 0.4) is 0 Å². The van der Waals surface area contributed by atoms with Crippen molar-refractivity contribution in [3.63, 3.8) is 0 Å². The maximum Gasteiger partial charge on any atom is 0.0406 e. The lowest BCUT2D eigenvalue weighted by Gasteiger charge is -2.11. The van der Waals surface area contributed by atoms with Gasteiger partial charge < -0.3 is 5.32 Å². The van der Waals surface area contributed by atoms with Gasteiger partial charge >= 0.3 is 0 Å². The Morgan fingerprint density at radius 1 is 1.00 bits per heavy atom. The smallest absolute Gasteiger partial charge is 0.0406 e. The van der Waals surface area contributed by atoms with E-state index in [1.54, 1.807) is 0 Å². The number of rotatable bonds is 1. The molecule has 0 aromatic heterocycles. The zero-order valence-corrected chi connectivity index (χ0v) is 7.83. The van der Waals surface area contributed by atoms with E-state index in [2.05, 4.69) is 17.5 Å². The van der Waals surface area contributed by atoms with Crippen molar-refractivity contribution >= 4 is 11.6 Å². The molecule has 1 aliphatic heterocycles. The van der Waals surface area contributed by atoms with E-state index in [0.29, 0.717) is 5.92 Å². The lowest BCUT2D eigenvalue weighted by atomic mass is 9.98. The summed E-state index contributed by atoms with van der Waals surface area (Å²) in [5.74, 6) is 0.374. The lowest BCUT2D eigenvalue weighted by Crippen LogP contribution is -2.02. The molecule has 0 amide bonds. The molecule has 0 saturated carbocycles. The van der Waals surface area contributed by atoms with E-state index in [4.69, 9.17) is 11.6 Å². The van der Waals surface area contributed by atoms with Gasteiger partial charge in [-0.25, -0.2) is 0 Å². The number of allylic oxidation sites excluding steroid dienone is 2. The molecule has 1 heterocycles. The summed E-state index contributed by atoms with van der Waals surface area (Å²) in [5.41, 5.74) is 1.26. The minimum Gasteiger partial charge on any atom is -0.368 e. The first-order valence-corrected chi connectivity index (χ1v) is 4.59. The van der Waals surface area contributed by atoms with E-state index in [-0.39, 0.29) is 0 Å². The van der Waals surface area contributed by atoms with Gasteiger partial charge in [-0.05, 0) is 30.1 Å². The molecule has 1 N–H and O–H groups in total. The molecule has 0 bridgehead atoms. The highest BCUT2D eigenvalue weighted by Crippen LogP contribution is 2.21. The molecule has 0 spiro atoms.